The Morgan fingerprint density at radius 2 is 1.96 bits per heavy atom. The maximum atomic E-state index is 12.4. The molecule has 0 saturated carbocycles. The van der Waals surface area contributed by atoms with Gasteiger partial charge >= 0.3 is 0 Å². The second-order valence-electron chi connectivity index (χ2n) is 7.02. The van der Waals surface area contributed by atoms with Crippen molar-refractivity contribution in [3.63, 3.8) is 0 Å². The van der Waals surface area contributed by atoms with E-state index < -0.39 is 5.92 Å². The highest BCUT2D eigenvalue weighted by Gasteiger charge is 2.35. The first-order valence-electron chi connectivity index (χ1n) is 9.11. The lowest BCUT2D eigenvalue weighted by molar-refractivity contribution is -0.126. The first-order chi connectivity index (χ1) is 13.5. The Balaban J connectivity index is 1.37. The number of fused-ring (bicyclic) bond motifs is 1. The van der Waals surface area contributed by atoms with Gasteiger partial charge in [0.1, 0.15) is 0 Å². The molecule has 1 N–H and O–H groups in total. The van der Waals surface area contributed by atoms with Gasteiger partial charge < -0.3 is 14.4 Å². The molecule has 4 rings (SSSR count). The fraction of sp³-hybridized carbons (Fsp3) is 0.286. The minimum atomic E-state index is -0.428. The predicted molar refractivity (Wildman–Crippen MR) is 105 cm³/mol. The molecular weight excluding hydrogens is 358 g/mol. The number of aryl methyl sites for hydroxylation is 2. The summed E-state index contributed by atoms with van der Waals surface area (Å²) in [6, 6.07) is 11.3. The van der Waals surface area contributed by atoms with E-state index in [0.717, 1.165) is 16.8 Å². The number of carbonyl (C=O) groups is 2. The van der Waals surface area contributed by atoms with Gasteiger partial charge in [-0.05, 0) is 60.9 Å². The number of benzene rings is 2. The molecule has 0 radical (unpaired) electrons. The van der Waals surface area contributed by atoms with Crippen LogP contribution < -0.4 is 19.8 Å². The predicted octanol–water partition coefficient (Wildman–Crippen LogP) is 2.54. The molecule has 0 aliphatic carbocycles. The molecule has 2 aromatic rings. The number of hydrogen-bond donors (Lipinski definition) is 1. The van der Waals surface area contributed by atoms with Crippen molar-refractivity contribution in [3.05, 3.63) is 53.1 Å². The molecule has 2 aliphatic heterocycles. The van der Waals surface area contributed by atoms with Gasteiger partial charge in [-0.2, -0.15) is 5.10 Å². The van der Waals surface area contributed by atoms with Gasteiger partial charge in [0.25, 0.3) is 0 Å². The van der Waals surface area contributed by atoms with Crippen LogP contribution in [0.25, 0.3) is 0 Å². The monoisotopic (exact) mass is 379 g/mol. The van der Waals surface area contributed by atoms with E-state index in [1.165, 1.54) is 11.8 Å². The van der Waals surface area contributed by atoms with Crippen LogP contribution in [0.2, 0.25) is 0 Å². The Hall–Kier alpha value is -3.35. The third-order valence-electron chi connectivity index (χ3n) is 5.08. The minimum absolute atomic E-state index is 0.0526. The first-order valence-corrected chi connectivity index (χ1v) is 9.11. The molecule has 1 fully saturated rings. The Morgan fingerprint density at radius 3 is 2.79 bits per heavy atom. The number of anilines is 1. The highest BCUT2D eigenvalue weighted by atomic mass is 16.7. The Kier molecular flexibility index (Phi) is 4.73. The van der Waals surface area contributed by atoms with Crippen LogP contribution >= 0.6 is 0 Å². The fourth-order valence-electron chi connectivity index (χ4n) is 3.28. The molecule has 2 aromatic carbocycles. The van der Waals surface area contributed by atoms with Crippen molar-refractivity contribution in [1.29, 1.82) is 0 Å². The molecule has 0 aromatic heterocycles. The number of amides is 2. The number of hydrazone groups is 1. The van der Waals surface area contributed by atoms with Gasteiger partial charge in [-0.3, -0.25) is 9.59 Å². The number of nitrogens with zero attached hydrogens (tertiary/aromatic N) is 2. The van der Waals surface area contributed by atoms with Crippen LogP contribution in [0.3, 0.4) is 0 Å². The standard InChI is InChI=1S/C21H21N3O4/c1-13-3-5-17(7-14(13)2)24-11-16(9-20(24)25)21(26)23-22-10-15-4-6-18-19(8-15)28-12-27-18/h3-8,10,16H,9,11-12H2,1-2H3,(H,23,26)/b22-10-/t16-/m1/s1. The molecule has 2 amide bonds. The van der Waals surface area contributed by atoms with Gasteiger partial charge in [0.15, 0.2) is 11.5 Å². The summed E-state index contributed by atoms with van der Waals surface area (Å²) in [4.78, 5) is 26.5. The molecule has 0 unspecified atom stereocenters. The van der Waals surface area contributed by atoms with E-state index >= 15 is 0 Å². The van der Waals surface area contributed by atoms with Crippen molar-refractivity contribution < 1.29 is 19.1 Å². The number of carbonyl (C=O) groups excluding carboxylic acids is 2. The summed E-state index contributed by atoms with van der Waals surface area (Å²) in [5.74, 6) is 0.598. The van der Waals surface area contributed by atoms with Crippen molar-refractivity contribution in [2.45, 2.75) is 20.3 Å². The summed E-state index contributed by atoms with van der Waals surface area (Å²) in [7, 11) is 0. The lowest BCUT2D eigenvalue weighted by Crippen LogP contribution is -2.30. The van der Waals surface area contributed by atoms with Crippen LogP contribution in [0, 0.1) is 19.8 Å². The zero-order valence-corrected chi connectivity index (χ0v) is 15.8. The summed E-state index contributed by atoms with van der Waals surface area (Å²) in [5.41, 5.74) is 6.43. The van der Waals surface area contributed by atoms with Crippen LogP contribution in [0.1, 0.15) is 23.1 Å². The van der Waals surface area contributed by atoms with E-state index in [-0.39, 0.29) is 25.0 Å². The van der Waals surface area contributed by atoms with Crippen molar-refractivity contribution in [3.8, 4) is 11.5 Å². The molecule has 0 spiro atoms. The maximum Gasteiger partial charge on any atom is 0.245 e. The van der Waals surface area contributed by atoms with Crippen molar-refractivity contribution in [2.75, 3.05) is 18.2 Å². The summed E-state index contributed by atoms with van der Waals surface area (Å²) in [6.07, 6.45) is 1.72. The molecule has 0 bridgehead atoms. The SMILES string of the molecule is Cc1ccc(N2C[C@H](C(=O)N/N=C\c3ccc4c(c3)OCO4)CC2=O)cc1C. The summed E-state index contributed by atoms with van der Waals surface area (Å²) < 4.78 is 10.6. The van der Waals surface area contributed by atoms with E-state index in [1.807, 2.05) is 38.1 Å². The highest BCUT2D eigenvalue weighted by Crippen LogP contribution is 2.32. The van der Waals surface area contributed by atoms with Crippen LogP contribution in [-0.4, -0.2) is 31.4 Å². The van der Waals surface area contributed by atoms with Crippen LogP contribution in [-0.2, 0) is 9.59 Å². The number of ether oxygens (including phenoxy) is 2. The van der Waals surface area contributed by atoms with E-state index in [0.29, 0.717) is 18.0 Å². The quantitative estimate of drug-likeness (QED) is 0.654. The van der Waals surface area contributed by atoms with Gasteiger partial charge in [0.05, 0.1) is 12.1 Å². The average molecular weight is 379 g/mol. The molecule has 1 saturated heterocycles. The number of hydrogen-bond acceptors (Lipinski definition) is 5. The van der Waals surface area contributed by atoms with Gasteiger partial charge in [0, 0.05) is 18.7 Å². The summed E-state index contributed by atoms with van der Waals surface area (Å²) in [6.45, 7) is 4.60. The van der Waals surface area contributed by atoms with Crippen molar-refractivity contribution >= 4 is 23.7 Å². The first kappa shape index (κ1) is 18.0. The van der Waals surface area contributed by atoms with E-state index in [9.17, 15) is 9.59 Å². The molecule has 2 aliphatic rings. The van der Waals surface area contributed by atoms with Gasteiger partial charge in [-0.25, -0.2) is 5.43 Å². The van der Waals surface area contributed by atoms with Gasteiger partial charge in [-0.1, -0.05) is 6.07 Å². The maximum absolute atomic E-state index is 12.4. The molecule has 28 heavy (non-hydrogen) atoms. The molecular formula is C21H21N3O4. The molecule has 1 atom stereocenters. The van der Waals surface area contributed by atoms with E-state index in [4.69, 9.17) is 9.47 Å². The largest absolute Gasteiger partial charge is 0.454 e. The van der Waals surface area contributed by atoms with Gasteiger partial charge in [-0.15, -0.1) is 0 Å². The Labute approximate surface area is 162 Å². The van der Waals surface area contributed by atoms with Crippen LogP contribution in [0.5, 0.6) is 11.5 Å². The zero-order valence-electron chi connectivity index (χ0n) is 15.8. The lowest BCUT2D eigenvalue weighted by Gasteiger charge is -2.17. The minimum Gasteiger partial charge on any atom is -0.454 e. The Morgan fingerprint density at radius 1 is 1.14 bits per heavy atom. The normalized spacial score (nSPS) is 18.1. The topological polar surface area (TPSA) is 80.2 Å². The second kappa shape index (κ2) is 7.34. The highest BCUT2D eigenvalue weighted by molar-refractivity contribution is 6.00. The molecule has 7 nitrogen and oxygen atoms in total. The number of nitrogens with one attached hydrogen (secondary N) is 1. The van der Waals surface area contributed by atoms with Crippen molar-refractivity contribution in [2.24, 2.45) is 11.0 Å². The molecule has 144 valence electrons. The molecule has 7 heteroatoms. The van der Waals surface area contributed by atoms with Crippen LogP contribution in [0.15, 0.2) is 41.5 Å². The molecule has 2 heterocycles. The van der Waals surface area contributed by atoms with Crippen molar-refractivity contribution in [1.82, 2.24) is 5.43 Å². The third kappa shape index (κ3) is 3.55. The summed E-state index contributed by atoms with van der Waals surface area (Å²) >= 11 is 0. The zero-order chi connectivity index (χ0) is 19.7. The number of rotatable bonds is 4. The summed E-state index contributed by atoms with van der Waals surface area (Å²) in [5, 5.41) is 4.01. The van der Waals surface area contributed by atoms with Gasteiger partial charge in [0.2, 0.25) is 18.6 Å². The fourth-order valence-corrected chi connectivity index (χ4v) is 3.28. The third-order valence-corrected chi connectivity index (χ3v) is 5.08. The second-order valence-corrected chi connectivity index (χ2v) is 7.02. The van der Waals surface area contributed by atoms with Crippen LogP contribution in [0.4, 0.5) is 5.69 Å². The van der Waals surface area contributed by atoms with E-state index in [2.05, 4.69) is 10.5 Å². The Bertz CT molecular complexity index is 970. The average Bonchev–Trinajstić information content (AvgIpc) is 3.30. The van der Waals surface area contributed by atoms with E-state index in [1.54, 1.807) is 17.0 Å². The lowest BCUT2D eigenvalue weighted by atomic mass is 10.1. The smallest absolute Gasteiger partial charge is 0.245 e.